The number of anilines is 1. The van der Waals surface area contributed by atoms with Crippen LogP contribution in [-0.2, 0) is 11.2 Å². The van der Waals surface area contributed by atoms with Crippen molar-refractivity contribution in [3.8, 4) is 0 Å². The van der Waals surface area contributed by atoms with Gasteiger partial charge in [-0.2, -0.15) is 0 Å². The second-order valence-electron chi connectivity index (χ2n) is 5.78. The molecule has 5 nitrogen and oxygen atoms in total. The fourth-order valence-corrected chi connectivity index (χ4v) is 6.67. The van der Waals surface area contributed by atoms with Gasteiger partial charge in [-0.25, -0.2) is 4.98 Å². The highest BCUT2D eigenvalue weighted by molar-refractivity contribution is 8.77. The summed E-state index contributed by atoms with van der Waals surface area (Å²) in [7, 11) is 3.95. The zero-order valence-corrected chi connectivity index (χ0v) is 15.4. The molecule has 0 spiro atoms. The highest BCUT2D eigenvalue weighted by atomic mass is 33.1. The van der Waals surface area contributed by atoms with Crippen LogP contribution in [0.25, 0.3) is 0 Å². The molecule has 1 aromatic heterocycles. The summed E-state index contributed by atoms with van der Waals surface area (Å²) in [6.45, 7) is 0.696. The minimum atomic E-state index is -0.0672. The molecule has 2 aliphatic heterocycles. The van der Waals surface area contributed by atoms with E-state index in [0.717, 1.165) is 36.6 Å². The molecular formula is C15H21N3O2S3. The van der Waals surface area contributed by atoms with E-state index in [0.29, 0.717) is 23.0 Å². The summed E-state index contributed by atoms with van der Waals surface area (Å²) in [5.41, 5.74) is 0.816. The maximum atomic E-state index is 12.0. The number of aromatic nitrogens is 1. The SMILES string of the molecule is O=C(CCCC[C@H]1CCSS1)Nc1nc2c(s1)C(=O)NCCC2. The van der Waals surface area contributed by atoms with E-state index in [1.807, 2.05) is 21.6 Å². The fraction of sp³-hybridized carbons (Fsp3) is 0.667. The number of aryl methyl sites for hydroxylation is 1. The predicted molar refractivity (Wildman–Crippen MR) is 98.3 cm³/mol. The summed E-state index contributed by atoms with van der Waals surface area (Å²) in [5, 5.41) is 7.03. The summed E-state index contributed by atoms with van der Waals surface area (Å²) in [6.07, 6.45) is 6.73. The van der Waals surface area contributed by atoms with Crippen LogP contribution < -0.4 is 10.6 Å². The van der Waals surface area contributed by atoms with Crippen molar-refractivity contribution >= 4 is 49.9 Å². The highest BCUT2D eigenvalue weighted by Crippen LogP contribution is 2.39. The maximum Gasteiger partial charge on any atom is 0.263 e. The van der Waals surface area contributed by atoms with Crippen LogP contribution in [0.15, 0.2) is 0 Å². The van der Waals surface area contributed by atoms with Crippen LogP contribution in [0.3, 0.4) is 0 Å². The van der Waals surface area contributed by atoms with E-state index in [2.05, 4.69) is 15.6 Å². The lowest BCUT2D eigenvalue weighted by molar-refractivity contribution is -0.116. The van der Waals surface area contributed by atoms with Crippen molar-refractivity contribution in [2.45, 2.75) is 50.2 Å². The van der Waals surface area contributed by atoms with Gasteiger partial charge in [0, 0.05) is 24.0 Å². The standard InChI is InChI=1S/C15H21N3O2S3/c19-12(6-2-1-4-10-7-9-21-23-10)18-15-17-11-5-3-8-16-14(20)13(11)22-15/h10H,1-9H2,(H,16,20)(H,17,18,19)/t10-/m0/s1. The topological polar surface area (TPSA) is 71.1 Å². The van der Waals surface area contributed by atoms with Gasteiger partial charge in [0.25, 0.3) is 5.91 Å². The molecule has 1 aromatic rings. The Bertz CT molecular complexity index is 570. The first-order valence-corrected chi connectivity index (χ1v) is 11.3. The quantitative estimate of drug-likeness (QED) is 0.592. The van der Waals surface area contributed by atoms with Crippen LogP contribution in [0.4, 0.5) is 5.13 Å². The summed E-state index contributed by atoms with van der Waals surface area (Å²) in [4.78, 5) is 29.0. The Hall–Kier alpha value is -0.730. The molecule has 0 unspecified atom stereocenters. The lowest BCUT2D eigenvalue weighted by Gasteiger charge is -2.06. The summed E-state index contributed by atoms with van der Waals surface area (Å²) >= 11 is 1.28. The lowest BCUT2D eigenvalue weighted by atomic mass is 10.1. The van der Waals surface area contributed by atoms with Crippen LogP contribution in [0, 0.1) is 0 Å². The van der Waals surface area contributed by atoms with Crippen molar-refractivity contribution in [1.29, 1.82) is 0 Å². The molecule has 2 amide bonds. The van der Waals surface area contributed by atoms with Crippen LogP contribution in [0.5, 0.6) is 0 Å². The molecule has 0 aromatic carbocycles. The Labute approximate surface area is 148 Å². The van der Waals surface area contributed by atoms with Gasteiger partial charge in [0.15, 0.2) is 5.13 Å². The third-order valence-corrected chi connectivity index (χ3v) is 7.95. The number of carbonyl (C=O) groups excluding carboxylic acids is 2. The van der Waals surface area contributed by atoms with Crippen molar-refractivity contribution in [3.05, 3.63) is 10.6 Å². The van der Waals surface area contributed by atoms with E-state index in [1.54, 1.807) is 0 Å². The minimum Gasteiger partial charge on any atom is -0.351 e. The summed E-state index contributed by atoms with van der Waals surface area (Å²) < 4.78 is 0. The van der Waals surface area contributed by atoms with Crippen molar-refractivity contribution < 1.29 is 9.59 Å². The third-order valence-electron chi connectivity index (χ3n) is 3.93. The summed E-state index contributed by atoms with van der Waals surface area (Å²) in [5.74, 6) is 1.20. The second-order valence-corrected chi connectivity index (χ2v) is 9.56. The number of amides is 2. The molecule has 3 heterocycles. The predicted octanol–water partition coefficient (Wildman–Crippen LogP) is 3.47. The van der Waals surface area contributed by atoms with Crippen molar-refractivity contribution in [2.24, 2.45) is 0 Å². The normalized spacial score (nSPS) is 20.7. The van der Waals surface area contributed by atoms with E-state index in [1.165, 1.54) is 29.9 Å². The number of nitrogens with one attached hydrogen (secondary N) is 2. The molecule has 1 fully saturated rings. The molecule has 23 heavy (non-hydrogen) atoms. The number of thiazole rings is 1. The average molecular weight is 372 g/mol. The fourth-order valence-electron chi connectivity index (χ4n) is 2.69. The third kappa shape index (κ3) is 4.87. The number of nitrogens with zero attached hydrogens (tertiary/aromatic N) is 1. The van der Waals surface area contributed by atoms with Crippen molar-refractivity contribution in [1.82, 2.24) is 10.3 Å². The van der Waals surface area contributed by atoms with E-state index in [-0.39, 0.29) is 11.8 Å². The van der Waals surface area contributed by atoms with Gasteiger partial charge >= 0.3 is 0 Å². The van der Waals surface area contributed by atoms with Gasteiger partial charge in [-0.3, -0.25) is 9.59 Å². The van der Waals surface area contributed by atoms with Crippen molar-refractivity contribution in [3.63, 3.8) is 0 Å². The van der Waals surface area contributed by atoms with Gasteiger partial charge in [-0.1, -0.05) is 39.3 Å². The molecule has 8 heteroatoms. The zero-order chi connectivity index (χ0) is 16.1. The van der Waals surface area contributed by atoms with E-state index < -0.39 is 0 Å². The van der Waals surface area contributed by atoms with Crippen LogP contribution in [0.2, 0.25) is 0 Å². The zero-order valence-electron chi connectivity index (χ0n) is 12.9. The van der Waals surface area contributed by atoms with E-state index in [9.17, 15) is 9.59 Å². The first kappa shape index (κ1) is 17.1. The van der Waals surface area contributed by atoms with Crippen LogP contribution in [-0.4, -0.2) is 34.3 Å². The number of hydrogen-bond donors (Lipinski definition) is 2. The number of rotatable bonds is 6. The van der Waals surface area contributed by atoms with Gasteiger partial charge in [0.1, 0.15) is 4.88 Å². The number of unbranched alkanes of at least 4 members (excludes halogenated alkanes) is 1. The molecule has 1 saturated heterocycles. The Morgan fingerprint density at radius 3 is 3.13 bits per heavy atom. The Balaban J connectivity index is 1.42. The molecule has 0 radical (unpaired) electrons. The van der Waals surface area contributed by atoms with Gasteiger partial charge in [0.05, 0.1) is 5.69 Å². The molecule has 126 valence electrons. The molecule has 0 aliphatic carbocycles. The van der Waals surface area contributed by atoms with E-state index >= 15 is 0 Å². The van der Waals surface area contributed by atoms with Crippen LogP contribution in [0.1, 0.15) is 53.9 Å². The molecule has 2 aliphatic rings. The number of carbonyl (C=O) groups is 2. The Morgan fingerprint density at radius 2 is 2.30 bits per heavy atom. The number of hydrogen-bond acceptors (Lipinski definition) is 6. The molecule has 1 atom stereocenters. The molecule has 3 rings (SSSR count). The number of fused-ring (bicyclic) bond motifs is 1. The molecule has 2 N–H and O–H groups in total. The lowest BCUT2D eigenvalue weighted by Crippen LogP contribution is -2.21. The van der Waals surface area contributed by atoms with Gasteiger partial charge in [-0.15, -0.1) is 0 Å². The highest BCUT2D eigenvalue weighted by Gasteiger charge is 2.21. The molecule has 0 saturated carbocycles. The monoisotopic (exact) mass is 371 g/mol. The first-order chi connectivity index (χ1) is 11.2. The molecule has 0 bridgehead atoms. The maximum absolute atomic E-state index is 12.0. The first-order valence-electron chi connectivity index (χ1n) is 8.08. The van der Waals surface area contributed by atoms with Crippen LogP contribution >= 0.6 is 32.9 Å². The smallest absolute Gasteiger partial charge is 0.263 e. The largest absolute Gasteiger partial charge is 0.351 e. The van der Waals surface area contributed by atoms with E-state index in [4.69, 9.17) is 0 Å². The van der Waals surface area contributed by atoms with Crippen molar-refractivity contribution in [2.75, 3.05) is 17.6 Å². The summed E-state index contributed by atoms with van der Waals surface area (Å²) in [6, 6.07) is 0. The van der Waals surface area contributed by atoms with Gasteiger partial charge < -0.3 is 10.6 Å². The van der Waals surface area contributed by atoms with Gasteiger partial charge in [-0.05, 0) is 32.1 Å². The Kier molecular flexibility index (Phi) is 6.24. The minimum absolute atomic E-state index is 0.00256. The average Bonchev–Trinajstić information content (AvgIpc) is 3.14. The van der Waals surface area contributed by atoms with Gasteiger partial charge in [0.2, 0.25) is 5.91 Å². The Morgan fingerprint density at radius 1 is 1.39 bits per heavy atom. The second kappa shape index (κ2) is 8.39. The molecular weight excluding hydrogens is 350 g/mol.